The average molecular weight is 659 g/mol. The Kier molecular flexibility index (Phi) is 10.3. The molecule has 12 heteroatoms. The van der Waals surface area contributed by atoms with Gasteiger partial charge in [0, 0.05) is 35.8 Å². The van der Waals surface area contributed by atoms with Gasteiger partial charge in [0.25, 0.3) is 5.91 Å². The molecule has 4 aliphatic heterocycles. The number of carbonyl (C=O) groups excluding carboxylic acids is 4. The largest absolute Gasteiger partial charge is 0.394 e. The molecule has 4 aliphatic rings. The third-order valence-electron chi connectivity index (χ3n) is 10.1. The Bertz CT molecular complexity index is 1550. The van der Waals surface area contributed by atoms with Crippen LogP contribution >= 0.6 is 0 Å². The second-order valence-electron chi connectivity index (χ2n) is 13.3. The normalized spacial score (nSPS) is 25.9. The number of benzene rings is 2. The molecular weight excluding hydrogens is 612 g/mol. The molecule has 0 aliphatic carbocycles. The third-order valence-corrected chi connectivity index (χ3v) is 10.1. The van der Waals surface area contributed by atoms with E-state index in [1.54, 1.807) is 59.2 Å². The van der Waals surface area contributed by atoms with Crippen molar-refractivity contribution in [3.05, 3.63) is 65.7 Å². The first-order chi connectivity index (χ1) is 23.2. The van der Waals surface area contributed by atoms with Gasteiger partial charge in [0.05, 0.1) is 37.0 Å². The summed E-state index contributed by atoms with van der Waals surface area (Å²) in [5.74, 6) is -1.56. The van der Waals surface area contributed by atoms with Crippen LogP contribution in [0.15, 0.2) is 54.6 Å². The summed E-state index contributed by atoms with van der Waals surface area (Å²) in [5, 5.41) is 34.1. The summed E-state index contributed by atoms with van der Waals surface area (Å²) in [6.07, 6.45) is 8.51. The molecule has 5 atom stereocenters. The van der Waals surface area contributed by atoms with E-state index in [1.165, 1.54) is 0 Å². The lowest BCUT2D eigenvalue weighted by atomic mass is 9.82. The molecular formula is C36H46N6O6. The van der Waals surface area contributed by atoms with Crippen molar-refractivity contribution in [2.24, 2.45) is 5.92 Å². The van der Waals surface area contributed by atoms with Crippen molar-refractivity contribution in [3.63, 3.8) is 0 Å². The highest BCUT2D eigenvalue weighted by molar-refractivity contribution is 6.08. The van der Waals surface area contributed by atoms with Crippen LogP contribution in [0.2, 0.25) is 0 Å². The molecule has 2 aromatic rings. The molecule has 3 fully saturated rings. The Hall–Kier alpha value is -4.10. The van der Waals surface area contributed by atoms with Crippen LogP contribution < -0.4 is 26.2 Å². The number of nitrogens with one attached hydrogen (secondary N) is 4. The molecule has 4 heterocycles. The fourth-order valence-corrected chi connectivity index (χ4v) is 7.32. The zero-order valence-electron chi connectivity index (χ0n) is 27.4. The number of hydrogen-bond acceptors (Lipinski definition) is 8. The molecule has 48 heavy (non-hydrogen) atoms. The Balaban J connectivity index is 1.22. The van der Waals surface area contributed by atoms with Gasteiger partial charge in [0.1, 0.15) is 0 Å². The maximum absolute atomic E-state index is 14.2. The van der Waals surface area contributed by atoms with Gasteiger partial charge in [-0.1, -0.05) is 31.2 Å². The van der Waals surface area contributed by atoms with Gasteiger partial charge in [0.15, 0.2) is 5.60 Å². The van der Waals surface area contributed by atoms with Crippen LogP contribution in [-0.2, 0) is 31.3 Å². The van der Waals surface area contributed by atoms with Gasteiger partial charge < -0.3 is 41.3 Å². The van der Waals surface area contributed by atoms with E-state index in [4.69, 9.17) is 0 Å². The topological polar surface area (TPSA) is 163 Å². The van der Waals surface area contributed by atoms with E-state index in [2.05, 4.69) is 21.3 Å². The number of aliphatic hydroxyl groups is 2. The highest BCUT2D eigenvalue weighted by Gasteiger charge is 2.52. The molecule has 6 N–H and O–H groups in total. The number of aliphatic hydroxyl groups excluding tert-OH is 1. The van der Waals surface area contributed by atoms with Crippen LogP contribution in [0.1, 0.15) is 63.0 Å². The Morgan fingerprint density at radius 1 is 0.958 bits per heavy atom. The number of nitrogens with zero attached hydrogens (tertiary/aromatic N) is 2. The van der Waals surface area contributed by atoms with Crippen LogP contribution in [-0.4, -0.2) is 83.1 Å². The predicted molar refractivity (Wildman–Crippen MR) is 182 cm³/mol. The SMILES string of the molecule is C[C@@H](/C=C/CC(=O)N1CCC[C@H]1CO)[C@]1(O)C(=O)N(Cc2ccc(NC(=O)[C@H]3CCCN3)cc2)c2ccc(NC(=O)[C@H]3CCCN3)cc21. The van der Waals surface area contributed by atoms with E-state index in [0.29, 0.717) is 29.2 Å². The van der Waals surface area contributed by atoms with Crippen molar-refractivity contribution in [2.45, 2.75) is 82.1 Å². The highest BCUT2D eigenvalue weighted by atomic mass is 16.3. The molecule has 4 amide bonds. The maximum atomic E-state index is 14.2. The van der Waals surface area contributed by atoms with Gasteiger partial charge in [0.2, 0.25) is 17.7 Å². The fraction of sp³-hybridized carbons (Fsp3) is 0.500. The second kappa shape index (κ2) is 14.6. The molecule has 0 radical (unpaired) electrons. The molecule has 0 aromatic heterocycles. The number of anilines is 3. The van der Waals surface area contributed by atoms with Gasteiger partial charge in [-0.3, -0.25) is 19.2 Å². The summed E-state index contributed by atoms with van der Waals surface area (Å²) in [5.41, 5.74) is 0.895. The Morgan fingerprint density at radius 3 is 2.23 bits per heavy atom. The van der Waals surface area contributed by atoms with E-state index in [9.17, 15) is 29.4 Å². The molecule has 0 saturated carbocycles. The lowest BCUT2D eigenvalue weighted by Crippen LogP contribution is -2.44. The van der Waals surface area contributed by atoms with Crippen molar-refractivity contribution in [2.75, 3.05) is 41.8 Å². The molecule has 3 saturated heterocycles. The number of amides is 4. The van der Waals surface area contributed by atoms with Crippen LogP contribution in [0, 0.1) is 5.92 Å². The fourth-order valence-electron chi connectivity index (χ4n) is 7.32. The molecule has 0 unspecified atom stereocenters. The smallest absolute Gasteiger partial charge is 0.264 e. The first kappa shape index (κ1) is 33.8. The van der Waals surface area contributed by atoms with Gasteiger partial charge in [-0.05, 0) is 87.5 Å². The van der Waals surface area contributed by atoms with Crippen molar-refractivity contribution in [1.29, 1.82) is 0 Å². The van der Waals surface area contributed by atoms with Gasteiger partial charge >= 0.3 is 0 Å². The Morgan fingerprint density at radius 2 is 1.60 bits per heavy atom. The summed E-state index contributed by atoms with van der Waals surface area (Å²) in [6.45, 7) is 4.06. The first-order valence-corrected chi connectivity index (χ1v) is 17.1. The number of carbonyl (C=O) groups is 4. The molecule has 2 aromatic carbocycles. The van der Waals surface area contributed by atoms with Gasteiger partial charge in [-0.15, -0.1) is 0 Å². The van der Waals surface area contributed by atoms with Crippen molar-refractivity contribution in [3.8, 4) is 0 Å². The van der Waals surface area contributed by atoms with E-state index in [-0.39, 0.29) is 55.4 Å². The third kappa shape index (κ3) is 6.88. The van der Waals surface area contributed by atoms with Crippen LogP contribution in [0.3, 0.4) is 0 Å². The summed E-state index contributed by atoms with van der Waals surface area (Å²) in [6, 6.07) is 11.8. The number of fused-ring (bicyclic) bond motifs is 1. The minimum atomic E-state index is -1.95. The van der Waals surface area contributed by atoms with E-state index in [0.717, 1.165) is 57.2 Å². The van der Waals surface area contributed by atoms with Crippen molar-refractivity contribution < 1.29 is 29.4 Å². The highest BCUT2D eigenvalue weighted by Crippen LogP contribution is 2.47. The van der Waals surface area contributed by atoms with Gasteiger partial charge in [-0.25, -0.2) is 0 Å². The van der Waals surface area contributed by atoms with Crippen molar-refractivity contribution >= 4 is 40.7 Å². The summed E-state index contributed by atoms with van der Waals surface area (Å²) in [4.78, 5) is 55.8. The number of hydrogen-bond donors (Lipinski definition) is 6. The quantitative estimate of drug-likeness (QED) is 0.201. The molecule has 12 nitrogen and oxygen atoms in total. The maximum Gasteiger partial charge on any atom is 0.264 e. The monoisotopic (exact) mass is 658 g/mol. The first-order valence-electron chi connectivity index (χ1n) is 17.1. The number of rotatable bonds is 11. The van der Waals surface area contributed by atoms with Crippen LogP contribution in [0.5, 0.6) is 0 Å². The minimum Gasteiger partial charge on any atom is -0.394 e. The number of likely N-dealkylation sites (tertiary alicyclic amines) is 1. The molecule has 256 valence electrons. The molecule has 6 rings (SSSR count). The minimum absolute atomic E-state index is 0.0713. The zero-order valence-corrected chi connectivity index (χ0v) is 27.4. The van der Waals surface area contributed by atoms with Gasteiger partial charge in [-0.2, -0.15) is 0 Å². The lowest BCUT2D eigenvalue weighted by molar-refractivity contribution is -0.139. The Labute approximate surface area is 280 Å². The average Bonchev–Trinajstić information content (AvgIpc) is 3.92. The standard InChI is InChI=1S/C36H46N6O6/c1-23(6-2-10-32(44)41-19-5-7-27(41)22-43)36(48)28-20-26(40-34(46)30-9-4-18-38-30)15-16-31(28)42(35(36)47)21-24-11-13-25(14-12-24)39-33(45)29-8-3-17-37-29/h2,6,11-16,20,23,27,29-30,37-38,43,48H,3-5,7-10,17-19,21-22H2,1H3,(H,39,45)(H,40,46)/b6-2+/t23-,27-,29+,30+,36+/m0/s1. The lowest BCUT2D eigenvalue weighted by Gasteiger charge is -2.28. The van der Waals surface area contributed by atoms with E-state index >= 15 is 0 Å². The van der Waals surface area contributed by atoms with Crippen LogP contribution in [0.4, 0.5) is 17.1 Å². The van der Waals surface area contributed by atoms with E-state index < -0.39 is 17.4 Å². The zero-order chi connectivity index (χ0) is 33.8. The van der Waals surface area contributed by atoms with Crippen LogP contribution in [0.25, 0.3) is 0 Å². The second-order valence-corrected chi connectivity index (χ2v) is 13.3. The molecule has 0 bridgehead atoms. The predicted octanol–water partition coefficient (Wildman–Crippen LogP) is 2.37. The summed E-state index contributed by atoms with van der Waals surface area (Å²) >= 11 is 0. The summed E-state index contributed by atoms with van der Waals surface area (Å²) in [7, 11) is 0. The summed E-state index contributed by atoms with van der Waals surface area (Å²) < 4.78 is 0. The molecule has 0 spiro atoms. The van der Waals surface area contributed by atoms with Crippen molar-refractivity contribution in [1.82, 2.24) is 15.5 Å². The van der Waals surface area contributed by atoms with E-state index in [1.807, 2.05) is 12.1 Å².